The van der Waals surface area contributed by atoms with Crippen LogP contribution in [0.1, 0.15) is 5.56 Å². The zero-order valence-corrected chi connectivity index (χ0v) is 16.6. The van der Waals surface area contributed by atoms with Crippen LogP contribution in [0.5, 0.6) is 0 Å². The fourth-order valence-electron chi connectivity index (χ4n) is 2.97. The molecule has 1 amide bonds. The SMILES string of the molecule is O=C(C=Cc1cccnc1)Nc1ccc(S(=O)(=O)c2cccc3cccnc23)cc1. The third-order valence-electron chi connectivity index (χ3n) is 4.43. The molecule has 0 aliphatic carbocycles. The molecule has 0 radical (unpaired) electrons. The molecule has 0 aliphatic heterocycles. The minimum Gasteiger partial charge on any atom is -0.323 e. The summed E-state index contributed by atoms with van der Waals surface area (Å²) in [6.45, 7) is 0. The molecule has 0 atom stereocenters. The van der Waals surface area contributed by atoms with Gasteiger partial charge in [-0.2, -0.15) is 0 Å². The lowest BCUT2D eigenvalue weighted by Gasteiger charge is -2.09. The van der Waals surface area contributed by atoms with E-state index in [1.54, 1.807) is 61.1 Å². The number of rotatable bonds is 5. The highest BCUT2D eigenvalue weighted by molar-refractivity contribution is 7.91. The summed E-state index contributed by atoms with van der Waals surface area (Å²) in [5.41, 5.74) is 1.72. The van der Waals surface area contributed by atoms with Gasteiger partial charge in [0.2, 0.25) is 15.7 Å². The summed E-state index contributed by atoms with van der Waals surface area (Å²) in [5.74, 6) is -0.326. The van der Waals surface area contributed by atoms with Crippen molar-refractivity contribution >= 4 is 38.4 Å². The highest BCUT2D eigenvalue weighted by Crippen LogP contribution is 2.27. The van der Waals surface area contributed by atoms with Gasteiger partial charge >= 0.3 is 0 Å². The molecule has 4 aromatic rings. The average Bonchev–Trinajstić information content (AvgIpc) is 2.78. The van der Waals surface area contributed by atoms with E-state index in [9.17, 15) is 13.2 Å². The minimum atomic E-state index is -3.75. The minimum absolute atomic E-state index is 0.129. The van der Waals surface area contributed by atoms with Crippen LogP contribution in [-0.2, 0) is 14.6 Å². The molecule has 2 heterocycles. The Morgan fingerprint density at radius 2 is 1.67 bits per heavy atom. The molecular formula is C23H17N3O3S. The van der Waals surface area contributed by atoms with Crippen LogP contribution in [0.25, 0.3) is 17.0 Å². The normalized spacial score (nSPS) is 11.6. The molecule has 0 saturated carbocycles. The fraction of sp³-hybridized carbons (Fsp3) is 0. The van der Waals surface area contributed by atoms with Crippen LogP contribution in [0.4, 0.5) is 5.69 Å². The Morgan fingerprint density at radius 1 is 0.900 bits per heavy atom. The second-order valence-electron chi connectivity index (χ2n) is 6.47. The number of sulfone groups is 1. The lowest BCUT2D eigenvalue weighted by atomic mass is 10.2. The number of nitrogens with one attached hydrogen (secondary N) is 1. The van der Waals surface area contributed by atoms with Gasteiger partial charge in [-0.15, -0.1) is 0 Å². The van der Waals surface area contributed by atoms with E-state index >= 15 is 0 Å². The lowest BCUT2D eigenvalue weighted by Crippen LogP contribution is -2.08. The number of carbonyl (C=O) groups excluding carboxylic acids is 1. The van der Waals surface area contributed by atoms with Crippen LogP contribution in [0, 0.1) is 0 Å². The highest BCUT2D eigenvalue weighted by Gasteiger charge is 2.21. The maximum absolute atomic E-state index is 13.1. The third kappa shape index (κ3) is 4.11. The van der Waals surface area contributed by atoms with Crippen molar-refractivity contribution in [3.05, 3.63) is 97.0 Å². The summed E-state index contributed by atoms with van der Waals surface area (Å²) in [6, 6.07) is 18.3. The van der Waals surface area contributed by atoms with Gasteiger partial charge in [0.15, 0.2) is 0 Å². The Kier molecular flexibility index (Phi) is 5.36. The number of hydrogen-bond donors (Lipinski definition) is 1. The Hall–Kier alpha value is -3.84. The zero-order valence-electron chi connectivity index (χ0n) is 15.8. The number of hydrogen-bond acceptors (Lipinski definition) is 5. The van der Waals surface area contributed by atoms with Crippen molar-refractivity contribution in [3.8, 4) is 0 Å². The zero-order chi connectivity index (χ0) is 21.0. The maximum Gasteiger partial charge on any atom is 0.248 e. The summed E-state index contributed by atoms with van der Waals surface area (Å²) >= 11 is 0. The van der Waals surface area contributed by atoms with Crippen molar-refractivity contribution in [2.45, 2.75) is 9.79 Å². The molecular weight excluding hydrogens is 398 g/mol. The van der Waals surface area contributed by atoms with Gasteiger partial charge in [0.1, 0.15) is 0 Å². The van der Waals surface area contributed by atoms with Crippen molar-refractivity contribution in [3.63, 3.8) is 0 Å². The Labute approximate surface area is 173 Å². The Bertz CT molecular complexity index is 1330. The van der Waals surface area contributed by atoms with E-state index in [0.717, 1.165) is 10.9 Å². The summed E-state index contributed by atoms with van der Waals surface area (Å²) in [4.78, 5) is 20.6. The van der Waals surface area contributed by atoms with E-state index in [1.165, 1.54) is 18.2 Å². The molecule has 0 spiro atoms. The molecule has 0 aliphatic rings. The van der Waals surface area contributed by atoms with Crippen LogP contribution in [0.3, 0.4) is 0 Å². The smallest absolute Gasteiger partial charge is 0.248 e. The van der Waals surface area contributed by atoms with Gasteiger partial charge < -0.3 is 5.32 Å². The van der Waals surface area contributed by atoms with E-state index in [-0.39, 0.29) is 15.7 Å². The molecule has 0 fully saturated rings. The van der Waals surface area contributed by atoms with Gasteiger partial charge in [0.25, 0.3) is 0 Å². The van der Waals surface area contributed by atoms with Crippen molar-refractivity contribution in [1.29, 1.82) is 0 Å². The van der Waals surface area contributed by atoms with Gasteiger partial charge in [0.05, 0.1) is 15.3 Å². The summed E-state index contributed by atoms with van der Waals surface area (Å²) in [6.07, 6.45) is 7.91. The van der Waals surface area contributed by atoms with Crippen LogP contribution >= 0.6 is 0 Å². The van der Waals surface area contributed by atoms with Crippen LogP contribution < -0.4 is 5.32 Å². The summed E-state index contributed by atoms with van der Waals surface area (Å²) in [7, 11) is -3.75. The Morgan fingerprint density at radius 3 is 2.43 bits per heavy atom. The molecule has 2 aromatic carbocycles. The maximum atomic E-state index is 13.1. The number of fused-ring (bicyclic) bond motifs is 1. The molecule has 4 rings (SSSR count). The van der Waals surface area contributed by atoms with Crippen molar-refractivity contribution in [1.82, 2.24) is 9.97 Å². The molecule has 0 bridgehead atoms. The van der Waals surface area contributed by atoms with E-state index < -0.39 is 9.84 Å². The largest absolute Gasteiger partial charge is 0.323 e. The molecule has 6 nitrogen and oxygen atoms in total. The van der Waals surface area contributed by atoms with Crippen LogP contribution in [-0.4, -0.2) is 24.3 Å². The summed E-state index contributed by atoms with van der Waals surface area (Å²) < 4.78 is 26.2. The van der Waals surface area contributed by atoms with Gasteiger partial charge in [-0.25, -0.2) is 8.42 Å². The van der Waals surface area contributed by atoms with E-state index in [0.29, 0.717) is 11.2 Å². The fourth-order valence-corrected chi connectivity index (χ4v) is 4.40. The van der Waals surface area contributed by atoms with Gasteiger partial charge in [-0.05, 0) is 54.1 Å². The first-order chi connectivity index (χ1) is 14.5. The molecule has 148 valence electrons. The van der Waals surface area contributed by atoms with E-state index in [4.69, 9.17) is 0 Å². The standard InChI is InChI=1S/C23H17N3O3S/c27-22(13-8-17-4-2-14-24-16-17)26-19-9-11-20(12-10-19)30(28,29)21-7-1-5-18-6-3-15-25-23(18)21/h1-16H,(H,26,27). The summed E-state index contributed by atoms with van der Waals surface area (Å²) in [5, 5.41) is 3.46. The van der Waals surface area contributed by atoms with Crippen LogP contribution in [0.2, 0.25) is 0 Å². The third-order valence-corrected chi connectivity index (χ3v) is 6.23. The highest BCUT2D eigenvalue weighted by atomic mass is 32.2. The number of carbonyl (C=O) groups is 1. The molecule has 0 saturated heterocycles. The molecule has 2 aromatic heterocycles. The molecule has 1 N–H and O–H groups in total. The van der Waals surface area contributed by atoms with Crippen molar-refractivity contribution in [2.24, 2.45) is 0 Å². The number of benzene rings is 2. The first kappa shape index (κ1) is 19.5. The number of para-hydroxylation sites is 1. The predicted molar refractivity (Wildman–Crippen MR) is 116 cm³/mol. The monoisotopic (exact) mass is 415 g/mol. The first-order valence-corrected chi connectivity index (χ1v) is 10.6. The quantitative estimate of drug-likeness (QED) is 0.496. The first-order valence-electron chi connectivity index (χ1n) is 9.12. The lowest BCUT2D eigenvalue weighted by molar-refractivity contribution is -0.111. The number of aromatic nitrogens is 2. The number of amides is 1. The van der Waals surface area contributed by atoms with Gasteiger partial charge in [0, 0.05) is 35.7 Å². The van der Waals surface area contributed by atoms with Gasteiger partial charge in [-0.3, -0.25) is 14.8 Å². The molecule has 7 heteroatoms. The number of nitrogens with zero attached hydrogens (tertiary/aromatic N) is 2. The average molecular weight is 415 g/mol. The second-order valence-corrected chi connectivity index (χ2v) is 8.39. The Balaban J connectivity index is 1.54. The van der Waals surface area contributed by atoms with Crippen molar-refractivity contribution in [2.75, 3.05) is 5.32 Å². The topological polar surface area (TPSA) is 89.0 Å². The second kappa shape index (κ2) is 8.26. The molecule has 30 heavy (non-hydrogen) atoms. The van der Waals surface area contributed by atoms with E-state index in [1.807, 2.05) is 18.2 Å². The molecule has 0 unspecified atom stereocenters. The predicted octanol–water partition coefficient (Wildman–Crippen LogP) is 4.11. The number of anilines is 1. The van der Waals surface area contributed by atoms with Gasteiger partial charge in [-0.1, -0.05) is 24.3 Å². The van der Waals surface area contributed by atoms with Crippen molar-refractivity contribution < 1.29 is 13.2 Å². The number of pyridine rings is 2. The van der Waals surface area contributed by atoms with Crippen LogP contribution in [0.15, 0.2) is 101 Å². The van der Waals surface area contributed by atoms with E-state index in [2.05, 4.69) is 15.3 Å².